The molecule has 4 rings (SSSR count). The molecular weight excluding hydrogens is 517 g/mol. The molecule has 2 heterocycles. The lowest BCUT2D eigenvalue weighted by atomic mass is 9.88. The van der Waals surface area contributed by atoms with Gasteiger partial charge < -0.3 is 20.2 Å². The number of nitrogens with one attached hydrogen (secondary N) is 1. The molecule has 0 atom stereocenters. The van der Waals surface area contributed by atoms with Gasteiger partial charge in [0.25, 0.3) is 0 Å². The number of aromatic hydroxyl groups is 1. The Balaban J connectivity index is 0.00000289. The van der Waals surface area contributed by atoms with Gasteiger partial charge in [-0.15, -0.1) is 24.0 Å². The first-order chi connectivity index (χ1) is 15.2. The molecule has 1 aliphatic carbocycles. The van der Waals surface area contributed by atoms with Crippen LogP contribution in [0.4, 0.5) is 0 Å². The van der Waals surface area contributed by atoms with Crippen molar-refractivity contribution in [2.45, 2.75) is 52.0 Å². The summed E-state index contributed by atoms with van der Waals surface area (Å²) in [5.41, 5.74) is 3.66. The summed E-state index contributed by atoms with van der Waals surface area (Å²) in [5, 5.41) is 13.9. The number of guanidine groups is 1. The smallest absolute Gasteiger partial charge is 0.236 e. The van der Waals surface area contributed by atoms with Crippen molar-refractivity contribution in [3.63, 3.8) is 0 Å². The molecule has 2 N–H and O–H groups in total. The molecule has 32 heavy (non-hydrogen) atoms. The predicted molar refractivity (Wildman–Crippen MR) is 139 cm³/mol. The molecule has 3 aliphatic rings. The molecule has 2 aliphatic heterocycles. The maximum atomic E-state index is 12.5. The molecule has 2 fully saturated rings. The highest BCUT2D eigenvalue weighted by Gasteiger charge is 2.25. The van der Waals surface area contributed by atoms with Gasteiger partial charge in [-0.2, -0.15) is 0 Å². The molecule has 178 valence electrons. The average molecular weight is 556 g/mol. The molecule has 0 saturated carbocycles. The standard InChI is InChI=1S/C24H37N5O2.HI/c1-2-25-24(26-17-21-20-8-4-3-7-19(20)9-10-22(21)30)29-15-13-27(14-16-29)18-23(31)28-11-5-6-12-28;/h9-10,30H,2-8,11-18H2,1H3,(H,25,26);1H. The fourth-order valence-electron chi connectivity index (χ4n) is 5.02. The third kappa shape index (κ3) is 6.07. The van der Waals surface area contributed by atoms with E-state index in [4.69, 9.17) is 4.99 Å². The largest absolute Gasteiger partial charge is 0.508 e. The van der Waals surface area contributed by atoms with Crippen molar-refractivity contribution in [2.24, 2.45) is 4.99 Å². The van der Waals surface area contributed by atoms with Crippen molar-refractivity contribution in [3.8, 4) is 5.75 Å². The number of carbonyl (C=O) groups is 1. The molecule has 0 unspecified atom stereocenters. The SMILES string of the molecule is CCNC(=NCc1c(O)ccc2c1CCCC2)N1CCN(CC(=O)N2CCCC2)CC1.I. The van der Waals surface area contributed by atoms with E-state index in [0.29, 0.717) is 18.8 Å². The fourth-order valence-corrected chi connectivity index (χ4v) is 5.02. The van der Waals surface area contributed by atoms with Gasteiger partial charge in [0.15, 0.2) is 5.96 Å². The summed E-state index contributed by atoms with van der Waals surface area (Å²) >= 11 is 0. The van der Waals surface area contributed by atoms with Crippen LogP contribution in [0, 0.1) is 0 Å². The van der Waals surface area contributed by atoms with Gasteiger partial charge >= 0.3 is 0 Å². The highest BCUT2D eigenvalue weighted by atomic mass is 127. The van der Waals surface area contributed by atoms with E-state index >= 15 is 0 Å². The molecule has 0 spiro atoms. The van der Waals surface area contributed by atoms with Gasteiger partial charge in [-0.1, -0.05) is 6.07 Å². The molecule has 0 bridgehead atoms. The Labute approximate surface area is 209 Å². The van der Waals surface area contributed by atoms with Crippen molar-refractivity contribution in [3.05, 3.63) is 28.8 Å². The first kappa shape index (κ1) is 25.1. The molecule has 7 nitrogen and oxygen atoms in total. The number of halogens is 1. The summed E-state index contributed by atoms with van der Waals surface area (Å²) in [7, 11) is 0. The van der Waals surface area contributed by atoms with E-state index in [1.807, 2.05) is 11.0 Å². The molecule has 1 aromatic carbocycles. The minimum Gasteiger partial charge on any atom is -0.508 e. The van der Waals surface area contributed by atoms with Gasteiger partial charge in [0.05, 0.1) is 13.1 Å². The van der Waals surface area contributed by atoms with Crippen LogP contribution in [-0.4, -0.2) is 84.0 Å². The number of phenols is 1. The number of benzene rings is 1. The van der Waals surface area contributed by atoms with Gasteiger partial charge in [-0.25, -0.2) is 4.99 Å². The summed E-state index contributed by atoms with van der Waals surface area (Å²) in [4.78, 5) is 23.9. The Hall–Kier alpha value is -1.55. The fraction of sp³-hybridized carbons (Fsp3) is 0.667. The van der Waals surface area contributed by atoms with E-state index in [1.165, 1.54) is 24.0 Å². The van der Waals surface area contributed by atoms with Crippen molar-refractivity contribution >= 4 is 35.8 Å². The van der Waals surface area contributed by atoms with Crippen LogP contribution in [0.2, 0.25) is 0 Å². The van der Waals surface area contributed by atoms with E-state index in [9.17, 15) is 9.90 Å². The van der Waals surface area contributed by atoms with Crippen LogP contribution in [0.15, 0.2) is 17.1 Å². The van der Waals surface area contributed by atoms with Crippen LogP contribution in [0.5, 0.6) is 5.75 Å². The number of carbonyl (C=O) groups excluding carboxylic acids is 1. The van der Waals surface area contributed by atoms with E-state index in [0.717, 1.165) is 83.0 Å². The van der Waals surface area contributed by atoms with E-state index in [1.54, 1.807) is 0 Å². The van der Waals surface area contributed by atoms with Crippen LogP contribution >= 0.6 is 24.0 Å². The minimum atomic E-state index is 0. The van der Waals surface area contributed by atoms with Gasteiger partial charge in [0.2, 0.25) is 5.91 Å². The zero-order valence-corrected chi connectivity index (χ0v) is 21.6. The average Bonchev–Trinajstić information content (AvgIpc) is 3.33. The van der Waals surface area contributed by atoms with Crippen LogP contribution in [-0.2, 0) is 24.2 Å². The number of likely N-dealkylation sites (tertiary alicyclic amines) is 1. The minimum absolute atomic E-state index is 0. The lowest BCUT2D eigenvalue weighted by Crippen LogP contribution is -2.54. The van der Waals surface area contributed by atoms with Gasteiger partial charge in [0.1, 0.15) is 5.75 Å². The quantitative estimate of drug-likeness (QED) is 0.332. The summed E-state index contributed by atoms with van der Waals surface area (Å²) < 4.78 is 0. The number of aliphatic imine (C=N–C) groups is 1. The third-order valence-corrected chi connectivity index (χ3v) is 6.84. The van der Waals surface area contributed by atoms with Crippen LogP contribution < -0.4 is 5.32 Å². The second kappa shape index (κ2) is 12.1. The molecule has 8 heteroatoms. The summed E-state index contributed by atoms with van der Waals surface area (Å²) in [6, 6.07) is 3.91. The second-order valence-corrected chi connectivity index (χ2v) is 8.93. The lowest BCUT2D eigenvalue weighted by Gasteiger charge is -2.36. The van der Waals surface area contributed by atoms with Crippen LogP contribution in [0.3, 0.4) is 0 Å². The molecule has 0 aromatic heterocycles. The number of amides is 1. The Kier molecular flexibility index (Phi) is 9.46. The van der Waals surface area contributed by atoms with Crippen LogP contribution in [0.1, 0.15) is 49.3 Å². The predicted octanol–water partition coefficient (Wildman–Crippen LogP) is 2.59. The molecule has 1 aromatic rings. The topological polar surface area (TPSA) is 71.4 Å². The van der Waals surface area contributed by atoms with Gasteiger partial charge in [0, 0.05) is 51.4 Å². The van der Waals surface area contributed by atoms with Crippen molar-refractivity contribution < 1.29 is 9.90 Å². The third-order valence-electron chi connectivity index (χ3n) is 6.84. The molecular formula is C24H38IN5O2. The number of nitrogens with zero attached hydrogens (tertiary/aromatic N) is 4. The first-order valence-corrected chi connectivity index (χ1v) is 12.0. The maximum Gasteiger partial charge on any atom is 0.236 e. The Bertz CT molecular complexity index is 802. The van der Waals surface area contributed by atoms with Crippen molar-refractivity contribution in [2.75, 3.05) is 52.4 Å². The lowest BCUT2D eigenvalue weighted by molar-refractivity contribution is -0.131. The van der Waals surface area contributed by atoms with Crippen molar-refractivity contribution in [1.29, 1.82) is 0 Å². The Morgan fingerprint density at radius 3 is 2.44 bits per heavy atom. The van der Waals surface area contributed by atoms with E-state index in [-0.39, 0.29) is 29.9 Å². The van der Waals surface area contributed by atoms with E-state index < -0.39 is 0 Å². The number of rotatable bonds is 5. The Morgan fingerprint density at radius 1 is 1.00 bits per heavy atom. The number of hydrogen-bond acceptors (Lipinski definition) is 4. The number of aryl methyl sites for hydroxylation is 1. The number of piperazine rings is 1. The highest BCUT2D eigenvalue weighted by molar-refractivity contribution is 14.0. The zero-order chi connectivity index (χ0) is 21.6. The summed E-state index contributed by atoms with van der Waals surface area (Å²) in [6.45, 7) is 9.24. The summed E-state index contributed by atoms with van der Waals surface area (Å²) in [6.07, 6.45) is 6.84. The number of phenolic OH excluding ortho intramolecular Hbond substituents is 1. The molecule has 1 amide bonds. The maximum absolute atomic E-state index is 12.5. The van der Waals surface area contributed by atoms with Crippen molar-refractivity contribution in [1.82, 2.24) is 20.0 Å². The Morgan fingerprint density at radius 2 is 1.72 bits per heavy atom. The number of fused-ring (bicyclic) bond motifs is 1. The van der Waals surface area contributed by atoms with Gasteiger partial charge in [-0.05, 0) is 62.6 Å². The number of hydrogen-bond donors (Lipinski definition) is 2. The summed E-state index contributed by atoms with van der Waals surface area (Å²) in [5.74, 6) is 1.54. The van der Waals surface area contributed by atoms with E-state index in [2.05, 4.69) is 28.1 Å². The first-order valence-electron chi connectivity index (χ1n) is 12.0. The second-order valence-electron chi connectivity index (χ2n) is 8.93. The monoisotopic (exact) mass is 555 g/mol. The zero-order valence-electron chi connectivity index (χ0n) is 19.3. The highest BCUT2D eigenvalue weighted by Crippen LogP contribution is 2.31. The molecule has 0 radical (unpaired) electrons. The molecule has 2 saturated heterocycles. The van der Waals surface area contributed by atoms with Gasteiger partial charge in [-0.3, -0.25) is 9.69 Å². The normalized spacial score (nSPS) is 19.5. The van der Waals surface area contributed by atoms with Crippen LogP contribution in [0.25, 0.3) is 0 Å².